The number of rotatable bonds is 4. The Morgan fingerprint density at radius 3 is 2.57 bits per heavy atom. The Bertz CT molecular complexity index is 697. The van der Waals surface area contributed by atoms with E-state index in [1.54, 1.807) is 0 Å². The van der Waals surface area contributed by atoms with Gasteiger partial charge in [0.2, 0.25) is 5.91 Å². The van der Waals surface area contributed by atoms with Gasteiger partial charge in [-0.2, -0.15) is 0 Å². The van der Waals surface area contributed by atoms with Crippen LogP contribution in [0, 0.1) is 5.82 Å². The van der Waals surface area contributed by atoms with Gasteiger partial charge in [0.1, 0.15) is 5.82 Å². The second-order valence-electron chi connectivity index (χ2n) is 4.74. The van der Waals surface area contributed by atoms with Crippen molar-refractivity contribution in [3.63, 3.8) is 0 Å². The number of hydrogen-bond donors (Lipinski definition) is 3. The highest BCUT2D eigenvalue weighted by molar-refractivity contribution is 7.80. The first-order valence-electron chi connectivity index (χ1n) is 6.89. The van der Waals surface area contributed by atoms with Crippen LogP contribution in [-0.2, 0) is 11.2 Å². The average molecular weight is 352 g/mol. The lowest BCUT2D eigenvalue weighted by atomic mass is 10.1. The van der Waals surface area contributed by atoms with Gasteiger partial charge in [0.25, 0.3) is 0 Å². The average Bonchev–Trinajstić information content (AvgIpc) is 2.55. The summed E-state index contributed by atoms with van der Waals surface area (Å²) in [5.41, 5.74) is 6.69. The van der Waals surface area contributed by atoms with Gasteiger partial charge in [-0.25, -0.2) is 4.39 Å². The molecule has 7 heteroatoms. The van der Waals surface area contributed by atoms with Crippen LogP contribution in [0.5, 0.6) is 0 Å². The molecule has 0 saturated heterocycles. The Kier molecular flexibility index (Phi) is 6.31. The van der Waals surface area contributed by atoms with E-state index in [0.717, 1.165) is 5.56 Å². The molecule has 0 aromatic heterocycles. The fraction of sp³-hybridized carbons (Fsp3) is 0.125. The van der Waals surface area contributed by atoms with E-state index in [-0.39, 0.29) is 16.0 Å². The predicted molar refractivity (Wildman–Crippen MR) is 93.7 cm³/mol. The normalized spacial score (nSPS) is 10.0. The standard InChI is InChI=1S/C16H15ClFN3OS/c17-13-10-12(7-8-14(13)18)19-16(23)21-20-15(22)9-6-11-4-2-1-3-5-11/h1-5,7-8,10H,6,9H2,(H,20,22)(H2,19,21,23). The van der Waals surface area contributed by atoms with Crippen LogP contribution in [0.4, 0.5) is 10.1 Å². The van der Waals surface area contributed by atoms with E-state index in [1.807, 2.05) is 30.3 Å². The van der Waals surface area contributed by atoms with Crippen LogP contribution in [0.3, 0.4) is 0 Å². The number of carbonyl (C=O) groups is 1. The maximum absolute atomic E-state index is 13.0. The molecule has 2 aromatic carbocycles. The molecular weight excluding hydrogens is 337 g/mol. The summed E-state index contributed by atoms with van der Waals surface area (Å²) in [4.78, 5) is 11.7. The molecule has 120 valence electrons. The van der Waals surface area contributed by atoms with Crippen LogP contribution in [-0.4, -0.2) is 11.0 Å². The molecule has 0 unspecified atom stereocenters. The minimum Gasteiger partial charge on any atom is -0.331 e. The van der Waals surface area contributed by atoms with Crippen molar-refractivity contribution in [2.45, 2.75) is 12.8 Å². The molecule has 0 heterocycles. The van der Waals surface area contributed by atoms with Gasteiger partial charge in [-0.15, -0.1) is 0 Å². The summed E-state index contributed by atoms with van der Waals surface area (Å²) in [7, 11) is 0. The van der Waals surface area contributed by atoms with Gasteiger partial charge in [-0.1, -0.05) is 41.9 Å². The first-order chi connectivity index (χ1) is 11.0. The summed E-state index contributed by atoms with van der Waals surface area (Å²) < 4.78 is 13.0. The number of amides is 1. The highest BCUT2D eigenvalue weighted by Crippen LogP contribution is 2.19. The summed E-state index contributed by atoms with van der Waals surface area (Å²) >= 11 is 10.7. The third-order valence-electron chi connectivity index (χ3n) is 2.98. The van der Waals surface area contributed by atoms with Gasteiger partial charge in [0, 0.05) is 12.1 Å². The SMILES string of the molecule is O=C(CCc1ccccc1)NNC(=S)Nc1ccc(F)c(Cl)c1. The summed E-state index contributed by atoms with van der Waals surface area (Å²) in [6.45, 7) is 0. The van der Waals surface area contributed by atoms with Gasteiger partial charge < -0.3 is 5.32 Å². The van der Waals surface area contributed by atoms with Crippen molar-refractivity contribution in [2.24, 2.45) is 0 Å². The Hall–Kier alpha value is -2.18. The van der Waals surface area contributed by atoms with Gasteiger partial charge >= 0.3 is 0 Å². The second-order valence-corrected chi connectivity index (χ2v) is 5.56. The number of thiocarbonyl (C=S) groups is 1. The van der Waals surface area contributed by atoms with Gasteiger partial charge in [0.05, 0.1) is 5.02 Å². The molecular formula is C16H15ClFN3OS. The van der Waals surface area contributed by atoms with Crippen molar-refractivity contribution in [2.75, 3.05) is 5.32 Å². The number of carbonyl (C=O) groups excluding carboxylic acids is 1. The molecule has 2 rings (SSSR count). The summed E-state index contributed by atoms with van der Waals surface area (Å²) in [5, 5.41) is 2.97. The number of hydrazine groups is 1. The Morgan fingerprint density at radius 1 is 1.13 bits per heavy atom. The first-order valence-corrected chi connectivity index (χ1v) is 7.68. The summed E-state index contributed by atoms with van der Waals surface area (Å²) in [6, 6.07) is 13.8. The summed E-state index contributed by atoms with van der Waals surface area (Å²) in [5.74, 6) is -0.694. The molecule has 0 atom stereocenters. The van der Waals surface area contributed by atoms with Crippen molar-refractivity contribution < 1.29 is 9.18 Å². The third kappa shape index (κ3) is 5.84. The Morgan fingerprint density at radius 2 is 1.87 bits per heavy atom. The molecule has 23 heavy (non-hydrogen) atoms. The zero-order chi connectivity index (χ0) is 16.7. The predicted octanol–water partition coefficient (Wildman–Crippen LogP) is 3.43. The van der Waals surface area contributed by atoms with E-state index in [0.29, 0.717) is 18.5 Å². The molecule has 3 N–H and O–H groups in total. The van der Waals surface area contributed by atoms with Crippen LogP contribution in [0.1, 0.15) is 12.0 Å². The zero-order valence-corrected chi connectivity index (χ0v) is 13.7. The van der Waals surface area contributed by atoms with E-state index in [1.165, 1.54) is 18.2 Å². The lowest BCUT2D eigenvalue weighted by Gasteiger charge is -2.12. The van der Waals surface area contributed by atoms with E-state index in [2.05, 4.69) is 16.2 Å². The second kappa shape index (κ2) is 8.45. The molecule has 0 saturated carbocycles. The van der Waals surface area contributed by atoms with Gasteiger partial charge in [0.15, 0.2) is 5.11 Å². The number of aryl methyl sites for hydroxylation is 1. The van der Waals surface area contributed by atoms with Crippen LogP contribution in [0.15, 0.2) is 48.5 Å². The lowest BCUT2D eigenvalue weighted by molar-refractivity contribution is -0.121. The number of benzene rings is 2. The molecule has 0 aliphatic rings. The van der Waals surface area contributed by atoms with Crippen molar-refractivity contribution in [3.05, 3.63) is 64.9 Å². The molecule has 0 spiro atoms. The van der Waals surface area contributed by atoms with Crippen molar-refractivity contribution in [1.82, 2.24) is 10.9 Å². The molecule has 0 fully saturated rings. The fourth-order valence-electron chi connectivity index (χ4n) is 1.83. The van der Waals surface area contributed by atoms with Crippen LogP contribution in [0.25, 0.3) is 0 Å². The highest BCUT2D eigenvalue weighted by atomic mass is 35.5. The Balaban J connectivity index is 1.73. The van der Waals surface area contributed by atoms with Crippen LogP contribution in [0.2, 0.25) is 5.02 Å². The molecule has 0 aliphatic heterocycles. The van der Waals surface area contributed by atoms with Crippen LogP contribution >= 0.6 is 23.8 Å². The molecule has 0 aliphatic carbocycles. The molecule has 1 amide bonds. The fourth-order valence-corrected chi connectivity index (χ4v) is 2.18. The van der Waals surface area contributed by atoms with Gasteiger partial charge in [-0.3, -0.25) is 15.6 Å². The number of anilines is 1. The number of nitrogens with one attached hydrogen (secondary N) is 3. The topological polar surface area (TPSA) is 53.2 Å². The minimum absolute atomic E-state index is 0.00954. The highest BCUT2D eigenvalue weighted by Gasteiger charge is 2.05. The number of halogens is 2. The van der Waals surface area contributed by atoms with E-state index < -0.39 is 5.82 Å². The zero-order valence-electron chi connectivity index (χ0n) is 12.1. The lowest BCUT2D eigenvalue weighted by Crippen LogP contribution is -2.43. The molecule has 0 radical (unpaired) electrons. The largest absolute Gasteiger partial charge is 0.331 e. The van der Waals surface area contributed by atoms with Crippen molar-refractivity contribution in [3.8, 4) is 0 Å². The molecule has 4 nitrogen and oxygen atoms in total. The maximum atomic E-state index is 13.0. The molecule has 0 bridgehead atoms. The van der Waals surface area contributed by atoms with Gasteiger partial charge in [-0.05, 0) is 42.4 Å². The monoisotopic (exact) mass is 351 g/mol. The van der Waals surface area contributed by atoms with E-state index in [4.69, 9.17) is 23.8 Å². The first kappa shape index (κ1) is 17.2. The quantitative estimate of drug-likeness (QED) is 0.583. The van der Waals surface area contributed by atoms with Crippen LogP contribution < -0.4 is 16.2 Å². The molecule has 2 aromatic rings. The van der Waals surface area contributed by atoms with Crippen molar-refractivity contribution in [1.29, 1.82) is 0 Å². The summed E-state index contributed by atoms with van der Waals surface area (Å²) in [6.07, 6.45) is 0.976. The smallest absolute Gasteiger partial charge is 0.238 e. The minimum atomic E-state index is -0.509. The Labute approximate surface area is 144 Å². The van der Waals surface area contributed by atoms with E-state index in [9.17, 15) is 9.18 Å². The maximum Gasteiger partial charge on any atom is 0.238 e. The third-order valence-corrected chi connectivity index (χ3v) is 3.47. The number of hydrogen-bond acceptors (Lipinski definition) is 2. The van der Waals surface area contributed by atoms with E-state index >= 15 is 0 Å². The van der Waals surface area contributed by atoms with Crippen molar-refractivity contribution >= 4 is 40.5 Å².